The van der Waals surface area contributed by atoms with Crippen molar-refractivity contribution in [2.75, 3.05) is 23.3 Å². The molecule has 2 N–H and O–H groups in total. The number of alkyl halides is 3. The van der Waals surface area contributed by atoms with Crippen molar-refractivity contribution in [2.24, 2.45) is 5.92 Å². The van der Waals surface area contributed by atoms with Crippen molar-refractivity contribution in [2.45, 2.75) is 38.4 Å². The number of rotatable bonds is 5. The van der Waals surface area contributed by atoms with Gasteiger partial charge >= 0.3 is 6.18 Å². The van der Waals surface area contributed by atoms with Crippen LogP contribution < -0.4 is 15.5 Å². The first-order valence-electron chi connectivity index (χ1n) is 10.1. The zero-order valence-corrected chi connectivity index (χ0v) is 16.9. The van der Waals surface area contributed by atoms with Gasteiger partial charge in [-0.2, -0.15) is 13.2 Å². The smallest absolute Gasteiger partial charge is 0.354 e. The minimum absolute atomic E-state index is 0.0334. The lowest BCUT2D eigenvalue weighted by molar-refractivity contribution is -0.137. The van der Waals surface area contributed by atoms with Gasteiger partial charge in [-0.15, -0.1) is 0 Å². The standard InChI is InChI=1S/C21H22F3N5O2/c1-12-8-15(21(22,23)24)10-26-18(12)29-7-5-16(11-29)27-20(31)14-4-6-25-17(9-14)28-19(30)13-2-3-13/h4,6,8-10,13,16H,2-3,5,7,11H2,1H3,(H,27,31)(H,25,28,30)/t16-/m1/s1. The van der Waals surface area contributed by atoms with E-state index in [1.54, 1.807) is 13.0 Å². The average molecular weight is 433 g/mol. The van der Waals surface area contributed by atoms with Gasteiger partial charge in [0.1, 0.15) is 11.6 Å². The summed E-state index contributed by atoms with van der Waals surface area (Å²) in [6.07, 6.45) is 0.259. The van der Waals surface area contributed by atoms with Crippen molar-refractivity contribution in [1.82, 2.24) is 15.3 Å². The van der Waals surface area contributed by atoms with Gasteiger partial charge in [0.25, 0.3) is 5.91 Å². The molecule has 0 radical (unpaired) electrons. The maximum atomic E-state index is 12.9. The summed E-state index contributed by atoms with van der Waals surface area (Å²) in [5.74, 6) is 0.469. The number of aromatic nitrogens is 2. The van der Waals surface area contributed by atoms with Gasteiger partial charge in [-0.25, -0.2) is 9.97 Å². The van der Waals surface area contributed by atoms with Crippen LogP contribution in [0.25, 0.3) is 0 Å². The van der Waals surface area contributed by atoms with E-state index < -0.39 is 11.7 Å². The molecule has 0 unspecified atom stereocenters. The van der Waals surface area contributed by atoms with E-state index in [4.69, 9.17) is 0 Å². The number of nitrogens with zero attached hydrogens (tertiary/aromatic N) is 3. The Morgan fingerprint density at radius 1 is 1.16 bits per heavy atom. The van der Waals surface area contributed by atoms with Gasteiger partial charge < -0.3 is 15.5 Å². The van der Waals surface area contributed by atoms with Gasteiger partial charge in [0, 0.05) is 43.0 Å². The van der Waals surface area contributed by atoms with Crippen molar-refractivity contribution in [3.8, 4) is 0 Å². The quantitative estimate of drug-likeness (QED) is 0.757. The lowest BCUT2D eigenvalue weighted by atomic mass is 10.2. The highest BCUT2D eigenvalue weighted by molar-refractivity contribution is 5.97. The van der Waals surface area contributed by atoms with Crippen LogP contribution in [0.1, 0.15) is 40.7 Å². The lowest BCUT2D eigenvalue weighted by Crippen LogP contribution is -2.37. The Labute approximate surface area is 177 Å². The number of halogens is 3. The molecule has 10 heteroatoms. The molecule has 1 saturated heterocycles. The topological polar surface area (TPSA) is 87.2 Å². The fourth-order valence-corrected chi connectivity index (χ4v) is 3.61. The van der Waals surface area contributed by atoms with E-state index in [0.29, 0.717) is 42.3 Å². The number of nitrogens with one attached hydrogen (secondary N) is 2. The van der Waals surface area contributed by atoms with E-state index in [2.05, 4.69) is 20.6 Å². The van der Waals surface area contributed by atoms with E-state index in [9.17, 15) is 22.8 Å². The zero-order valence-electron chi connectivity index (χ0n) is 16.9. The summed E-state index contributed by atoms with van der Waals surface area (Å²) in [6.45, 7) is 2.61. The fraction of sp³-hybridized carbons (Fsp3) is 0.429. The first-order valence-corrected chi connectivity index (χ1v) is 10.1. The molecule has 1 saturated carbocycles. The van der Waals surface area contributed by atoms with Crippen molar-refractivity contribution < 1.29 is 22.8 Å². The van der Waals surface area contributed by atoms with E-state index in [-0.39, 0.29) is 23.8 Å². The van der Waals surface area contributed by atoms with Gasteiger partial charge in [0.15, 0.2) is 0 Å². The maximum absolute atomic E-state index is 12.9. The first-order chi connectivity index (χ1) is 14.7. The highest BCUT2D eigenvalue weighted by Crippen LogP contribution is 2.32. The normalized spacial score (nSPS) is 18.7. The lowest BCUT2D eigenvalue weighted by Gasteiger charge is -2.21. The summed E-state index contributed by atoms with van der Waals surface area (Å²) in [7, 11) is 0. The number of aryl methyl sites for hydroxylation is 1. The molecule has 2 fully saturated rings. The number of carbonyl (C=O) groups excluding carboxylic acids is 2. The van der Waals surface area contributed by atoms with Crippen LogP contribution in [-0.2, 0) is 11.0 Å². The van der Waals surface area contributed by atoms with Crippen LogP contribution in [0.3, 0.4) is 0 Å². The van der Waals surface area contributed by atoms with Crippen molar-refractivity contribution in [3.63, 3.8) is 0 Å². The molecule has 0 aromatic carbocycles. The second-order valence-electron chi connectivity index (χ2n) is 7.96. The largest absolute Gasteiger partial charge is 0.417 e. The predicted octanol–water partition coefficient (Wildman–Crippen LogP) is 3.16. The molecule has 164 valence electrons. The number of carbonyl (C=O) groups is 2. The third-order valence-corrected chi connectivity index (χ3v) is 5.42. The summed E-state index contributed by atoms with van der Waals surface area (Å²) >= 11 is 0. The van der Waals surface area contributed by atoms with Gasteiger partial charge in [-0.3, -0.25) is 9.59 Å². The minimum atomic E-state index is -4.43. The second-order valence-corrected chi connectivity index (χ2v) is 7.96. The molecule has 0 bridgehead atoms. The molecular weight excluding hydrogens is 411 g/mol. The first kappa shape index (κ1) is 21.1. The summed E-state index contributed by atoms with van der Waals surface area (Å²) < 4.78 is 38.6. The average Bonchev–Trinajstić information content (AvgIpc) is 3.47. The molecule has 2 aliphatic rings. The summed E-state index contributed by atoms with van der Waals surface area (Å²) in [6, 6.07) is 4.01. The molecule has 31 heavy (non-hydrogen) atoms. The van der Waals surface area contributed by atoms with Crippen LogP contribution in [0.15, 0.2) is 30.6 Å². The third kappa shape index (κ3) is 4.95. The van der Waals surface area contributed by atoms with Crippen molar-refractivity contribution in [1.29, 1.82) is 0 Å². The monoisotopic (exact) mass is 433 g/mol. The van der Waals surface area contributed by atoms with Gasteiger partial charge in [-0.1, -0.05) is 0 Å². The van der Waals surface area contributed by atoms with E-state index in [1.165, 1.54) is 12.3 Å². The molecule has 2 aromatic heterocycles. The second kappa shape index (κ2) is 8.16. The Morgan fingerprint density at radius 3 is 2.61 bits per heavy atom. The summed E-state index contributed by atoms with van der Waals surface area (Å²) in [4.78, 5) is 34.5. The van der Waals surface area contributed by atoms with E-state index >= 15 is 0 Å². The van der Waals surface area contributed by atoms with Crippen molar-refractivity contribution in [3.05, 3.63) is 47.3 Å². The number of anilines is 2. The Morgan fingerprint density at radius 2 is 1.94 bits per heavy atom. The molecule has 0 spiro atoms. The molecular formula is C21H22F3N5O2. The van der Waals surface area contributed by atoms with Crippen LogP contribution in [0, 0.1) is 12.8 Å². The third-order valence-electron chi connectivity index (χ3n) is 5.42. The predicted molar refractivity (Wildman–Crippen MR) is 108 cm³/mol. The SMILES string of the molecule is Cc1cc(C(F)(F)F)cnc1N1CC[C@@H](NC(=O)c2ccnc(NC(=O)C3CC3)c2)C1. The maximum Gasteiger partial charge on any atom is 0.417 e. The Hall–Kier alpha value is -3.17. The summed E-state index contributed by atoms with van der Waals surface area (Å²) in [5.41, 5.74) is 0.0374. The molecule has 3 heterocycles. The van der Waals surface area contributed by atoms with Crippen molar-refractivity contribution >= 4 is 23.5 Å². The highest BCUT2D eigenvalue weighted by atomic mass is 19.4. The van der Waals surface area contributed by atoms with E-state index in [0.717, 1.165) is 25.1 Å². The fourth-order valence-electron chi connectivity index (χ4n) is 3.61. The van der Waals surface area contributed by atoms with Gasteiger partial charge in [0.05, 0.1) is 5.56 Å². The molecule has 2 aromatic rings. The molecule has 1 aliphatic carbocycles. The number of hydrogen-bond donors (Lipinski definition) is 2. The van der Waals surface area contributed by atoms with Crippen LogP contribution in [0.4, 0.5) is 24.8 Å². The Kier molecular flexibility index (Phi) is 5.55. The molecule has 2 amide bonds. The number of hydrogen-bond acceptors (Lipinski definition) is 5. The van der Waals surface area contributed by atoms with E-state index in [1.807, 2.05) is 4.90 Å². The van der Waals surface area contributed by atoms with Gasteiger partial charge in [0.2, 0.25) is 5.91 Å². The molecule has 1 aliphatic heterocycles. The van der Waals surface area contributed by atoms with Crippen LogP contribution in [0.2, 0.25) is 0 Å². The molecule has 4 rings (SSSR count). The summed E-state index contributed by atoms with van der Waals surface area (Å²) in [5, 5.41) is 5.65. The molecule has 7 nitrogen and oxygen atoms in total. The van der Waals surface area contributed by atoms with Crippen LogP contribution in [-0.4, -0.2) is 40.9 Å². The minimum Gasteiger partial charge on any atom is -0.354 e. The van der Waals surface area contributed by atoms with Gasteiger partial charge in [-0.05, 0) is 49.9 Å². The van der Waals surface area contributed by atoms with Crippen LogP contribution in [0.5, 0.6) is 0 Å². The zero-order chi connectivity index (χ0) is 22.2. The number of amides is 2. The van der Waals surface area contributed by atoms with Crippen LogP contribution >= 0.6 is 0 Å². The molecule has 1 atom stereocenters. The Bertz CT molecular complexity index is 1010. The highest BCUT2D eigenvalue weighted by Gasteiger charge is 2.33. The number of pyridine rings is 2. The Balaban J connectivity index is 1.37.